The van der Waals surface area contributed by atoms with Gasteiger partial charge in [0.25, 0.3) is 17.5 Å². The lowest BCUT2D eigenvalue weighted by Crippen LogP contribution is -2.31. The second-order valence-electron chi connectivity index (χ2n) is 3.61. The molecule has 0 spiro atoms. The summed E-state index contributed by atoms with van der Waals surface area (Å²) in [6.45, 7) is 0. The fourth-order valence-corrected chi connectivity index (χ4v) is 1.64. The van der Waals surface area contributed by atoms with E-state index in [1.54, 1.807) is 0 Å². The molecule has 1 aliphatic heterocycles. The summed E-state index contributed by atoms with van der Waals surface area (Å²) in [4.78, 5) is 44.5. The summed E-state index contributed by atoms with van der Waals surface area (Å²) in [5.41, 5.74) is -1.12. The lowest BCUT2D eigenvalue weighted by atomic mass is 10.1. The Kier molecular flexibility index (Phi) is 2.83. The Labute approximate surface area is 105 Å². The molecule has 96 valence electrons. The molecule has 0 fully saturated rings. The third-order valence-electron chi connectivity index (χ3n) is 2.47. The van der Waals surface area contributed by atoms with E-state index in [9.17, 15) is 24.5 Å². The van der Waals surface area contributed by atoms with E-state index in [2.05, 4.69) is 0 Å². The van der Waals surface area contributed by atoms with Crippen molar-refractivity contribution in [2.45, 2.75) is 0 Å². The van der Waals surface area contributed by atoms with Crippen molar-refractivity contribution in [1.82, 2.24) is 0 Å². The minimum absolute atomic E-state index is 0.196. The van der Waals surface area contributed by atoms with E-state index in [1.807, 2.05) is 0 Å². The summed E-state index contributed by atoms with van der Waals surface area (Å²) in [5, 5.41) is 19.6. The highest BCUT2D eigenvalue weighted by atomic mass is 16.6. The van der Waals surface area contributed by atoms with Crippen molar-refractivity contribution in [1.29, 1.82) is 0 Å². The molecule has 0 saturated heterocycles. The topological polar surface area (TPSA) is 118 Å². The van der Waals surface area contributed by atoms with Crippen LogP contribution in [0.4, 0.5) is 11.4 Å². The maximum absolute atomic E-state index is 11.5. The lowest BCUT2D eigenvalue weighted by molar-refractivity contribution is -0.384. The first-order valence-corrected chi connectivity index (χ1v) is 4.99. The number of nitro benzene ring substituents is 1. The maximum Gasteiger partial charge on any atom is 0.338 e. The van der Waals surface area contributed by atoms with Crippen LogP contribution in [-0.2, 0) is 9.59 Å². The molecular weight excluding hydrogens is 256 g/mol. The first-order valence-electron chi connectivity index (χ1n) is 4.99. The smallest absolute Gasteiger partial charge is 0.338 e. The van der Waals surface area contributed by atoms with Gasteiger partial charge in [-0.05, 0) is 6.07 Å². The number of non-ortho nitro benzene ring substituents is 1. The second-order valence-corrected chi connectivity index (χ2v) is 3.61. The van der Waals surface area contributed by atoms with E-state index < -0.39 is 34.0 Å². The number of anilines is 1. The quantitative estimate of drug-likeness (QED) is 0.487. The number of aromatic carboxylic acids is 1. The molecule has 0 aromatic heterocycles. The number of imide groups is 1. The van der Waals surface area contributed by atoms with Crippen LogP contribution in [0, 0.1) is 10.1 Å². The highest BCUT2D eigenvalue weighted by Gasteiger charge is 2.30. The molecule has 8 nitrogen and oxygen atoms in total. The average molecular weight is 262 g/mol. The van der Waals surface area contributed by atoms with Crippen molar-refractivity contribution >= 4 is 29.2 Å². The normalized spacial score (nSPS) is 14.0. The Hall–Kier alpha value is -3.03. The van der Waals surface area contributed by atoms with E-state index in [-0.39, 0.29) is 5.69 Å². The predicted molar refractivity (Wildman–Crippen MR) is 61.7 cm³/mol. The van der Waals surface area contributed by atoms with Gasteiger partial charge in [-0.3, -0.25) is 19.7 Å². The molecule has 1 aromatic carbocycles. The average Bonchev–Trinajstić information content (AvgIpc) is 2.68. The molecule has 0 bridgehead atoms. The SMILES string of the molecule is O=C(O)c1cc([N+](=O)[O-])ccc1N1C(=O)C=CC1=O. The van der Waals surface area contributed by atoms with Gasteiger partial charge in [-0.2, -0.15) is 0 Å². The van der Waals surface area contributed by atoms with E-state index >= 15 is 0 Å². The van der Waals surface area contributed by atoms with E-state index in [4.69, 9.17) is 5.11 Å². The molecule has 19 heavy (non-hydrogen) atoms. The van der Waals surface area contributed by atoms with Crippen molar-refractivity contribution in [2.75, 3.05) is 4.90 Å². The zero-order valence-electron chi connectivity index (χ0n) is 9.27. The monoisotopic (exact) mass is 262 g/mol. The lowest BCUT2D eigenvalue weighted by Gasteiger charge is -2.15. The molecule has 2 amide bonds. The molecule has 0 unspecified atom stereocenters. The third-order valence-corrected chi connectivity index (χ3v) is 2.47. The highest BCUT2D eigenvalue weighted by molar-refractivity contribution is 6.29. The van der Waals surface area contributed by atoms with Crippen LogP contribution < -0.4 is 4.90 Å². The number of carboxylic acids is 1. The molecule has 1 heterocycles. The molecule has 1 aliphatic rings. The molecule has 8 heteroatoms. The number of nitrogens with zero attached hydrogens (tertiary/aromatic N) is 2. The van der Waals surface area contributed by atoms with Gasteiger partial charge in [-0.25, -0.2) is 9.69 Å². The van der Waals surface area contributed by atoms with Gasteiger partial charge < -0.3 is 5.11 Å². The summed E-state index contributed by atoms with van der Waals surface area (Å²) in [7, 11) is 0. The van der Waals surface area contributed by atoms with Crippen LogP contribution in [0.1, 0.15) is 10.4 Å². The molecule has 0 aliphatic carbocycles. The molecular formula is C11H6N2O6. The largest absolute Gasteiger partial charge is 0.478 e. The summed E-state index contributed by atoms with van der Waals surface area (Å²) in [5.74, 6) is -2.85. The van der Waals surface area contributed by atoms with E-state index in [0.29, 0.717) is 4.90 Å². The Morgan fingerprint density at radius 3 is 2.26 bits per heavy atom. The number of benzene rings is 1. The number of hydrogen-bond acceptors (Lipinski definition) is 5. The fraction of sp³-hybridized carbons (Fsp3) is 0. The number of rotatable bonds is 3. The highest BCUT2D eigenvalue weighted by Crippen LogP contribution is 2.27. The predicted octanol–water partition coefficient (Wildman–Crippen LogP) is 0.722. The van der Waals surface area contributed by atoms with Crippen LogP contribution in [0.25, 0.3) is 0 Å². The van der Waals surface area contributed by atoms with Gasteiger partial charge in [0.1, 0.15) is 0 Å². The molecule has 0 radical (unpaired) electrons. The minimum Gasteiger partial charge on any atom is -0.478 e. The molecule has 2 rings (SSSR count). The van der Waals surface area contributed by atoms with Crippen LogP contribution in [0.2, 0.25) is 0 Å². The van der Waals surface area contributed by atoms with Crippen LogP contribution in [0.15, 0.2) is 30.4 Å². The van der Waals surface area contributed by atoms with Gasteiger partial charge in [0.2, 0.25) is 0 Å². The zero-order valence-corrected chi connectivity index (χ0v) is 9.27. The Morgan fingerprint density at radius 2 is 1.79 bits per heavy atom. The number of nitro groups is 1. The Morgan fingerprint density at radius 1 is 1.21 bits per heavy atom. The standard InChI is InChI=1S/C11H6N2O6/c14-9-3-4-10(15)12(9)8-2-1-6(13(18)19)5-7(8)11(16)17/h1-5H,(H,16,17). The van der Waals surface area contributed by atoms with Crippen molar-refractivity contribution in [3.05, 3.63) is 46.0 Å². The molecule has 0 atom stereocenters. The number of carbonyl (C=O) groups excluding carboxylic acids is 2. The van der Waals surface area contributed by atoms with Crippen molar-refractivity contribution in [2.24, 2.45) is 0 Å². The number of carboxylic acid groups (broad SMARTS) is 1. The second kappa shape index (κ2) is 4.33. The maximum atomic E-state index is 11.5. The van der Waals surface area contributed by atoms with Crippen LogP contribution in [-0.4, -0.2) is 27.8 Å². The first kappa shape index (κ1) is 12.4. The van der Waals surface area contributed by atoms with Crippen LogP contribution >= 0.6 is 0 Å². The Balaban J connectivity index is 2.58. The van der Waals surface area contributed by atoms with Gasteiger partial charge in [0, 0.05) is 24.3 Å². The third kappa shape index (κ3) is 2.06. The van der Waals surface area contributed by atoms with Crippen molar-refractivity contribution in [3.8, 4) is 0 Å². The molecule has 1 aromatic rings. The van der Waals surface area contributed by atoms with E-state index in [1.165, 1.54) is 0 Å². The number of amides is 2. The van der Waals surface area contributed by atoms with Gasteiger partial charge >= 0.3 is 5.97 Å². The van der Waals surface area contributed by atoms with Gasteiger partial charge in [-0.15, -0.1) is 0 Å². The molecule has 0 saturated carbocycles. The zero-order chi connectivity index (χ0) is 14.2. The summed E-state index contributed by atoms with van der Waals surface area (Å²) in [6, 6.07) is 2.89. The Bertz CT molecular complexity index is 631. The molecule has 1 N–H and O–H groups in total. The van der Waals surface area contributed by atoms with Crippen LogP contribution in [0.5, 0.6) is 0 Å². The number of carbonyl (C=O) groups is 3. The van der Waals surface area contributed by atoms with Crippen molar-refractivity contribution < 1.29 is 24.4 Å². The summed E-state index contributed by atoms with van der Waals surface area (Å²) < 4.78 is 0. The van der Waals surface area contributed by atoms with Gasteiger partial charge in [0.05, 0.1) is 16.2 Å². The van der Waals surface area contributed by atoms with Gasteiger partial charge in [-0.1, -0.05) is 0 Å². The van der Waals surface area contributed by atoms with Crippen LogP contribution in [0.3, 0.4) is 0 Å². The van der Waals surface area contributed by atoms with E-state index in [0.717, 1.165) is 30.4 Å². The fourth-order valence-electron chi connectivity index (χ4n) is 1.64. The first-order chi connectivity index (χ1) is 8.91. The van der Waals surface area contributed by atoms with Gasteiger partial charge in [0.15, 0.2) is 0 Å². The number of hydrogen-bond donors (Lipinski definition) is 1. The summed E-state index contributed by atoms with van der Waals surface area (Å²) >= 11 is 0. The minimum atomic E-state index is -1.47. The summed E-state index contributed by atoms with van der Waals surface area (Å²) in [6.07, 6.45) is 1.99. The van der Waals surface area contributed by atoms with Crippen molar-refractivity contribution in [3.63, 3.8) is 0 Å².